The first-order chi connectivity index (χ1) is 24.3. The zero-order valence-electron chi connectivity index (χ0n) is 31.9. The molecule has 1 saturated carbocycles. The molecule has 1 heterocycles. The number of sulfone groups is 1. The summed E-state index contributed by atoms with van der Waals surface area (Å²) in [7, 11) is -1.04. The van der Waals surface area contributed by atoms with Crippen LogP contribution in [-0.2, 0) is 25.8 Å². The molecule has 2 unspecified atom stereocenters. The summed E-state index contributed by atoms with van der Waals surface area (Å²) in [5, 5.41) is 20.7. The van der Waals surface area contributed by atoms with Crippen molar-refractivity contribution in [2.24, 2.45) is 11.8 Å². The number of hydrogen-bond donors (Lipinski definition) is 4. The number of nitrogens with zero attached hydrogens (tertiary/aromatic N) is 1. The lowest BCUT2D eigenvalue weighted by Crippen LogP contribution is -2.64. The molecule has 4 rings (SSSR count). The summed E-state index contributed by atoms with van der Waals surface area (Å²) in [6, 6.07) is 11.0. The molecule has 2 aromatic carbocycles. The predicted octanol–water partition coefficient (Wildman–Crippen LogP) is 3.51. The smallest absolute Gasteiger partial charge is 0.252 e. The lowest BCUT2D eigenvalue weighted by atomic mass is 9.72. The molecule has 6 atom stereocenters. The number of amides is 3. The molecule has 0 bridgehead atoms. The largest absolute Gasteiger partial charge is 0.497 e. The molecular weight excluding hydrogens is 685 g/mol. The van der Waals surface area contributed by atoms with Crippen molar-refractivity contribution in [1.82, 2.24) is 20.9 Å². The van der Waals surface area contributed by atoms with E-state index in [1.807, 2.05) is 51.1 Å². The number of carbonyl (C=O) groups excluding carboxylic acids is 3. The van der Waals surface area contributed by atoms with Gasteiger partial charge >= 0.3 is 0 Å². The van der Waals surface area contributed by atoms with Crippen LogP contribution in [0.25, 0.3) is 0 Å². The minimum absolute atomic E-state index is 0.0841. The van der Waals surface area contributed by atoms with Gasteiger partial charge in [-0.05, 0) is 83.4 Å². The number of piperidine rings is 1. The van der Waals surface area contributed by atoms with Gasteiger partial charge in [0.1, 0.15) is 17.5 Å². The average Bonchev–Trinajstić information content (AvgIpc) is 3.08. The highest BCUT2D eigenvalue weighted by atomic mass is 32.2. The first kappa shape index (κ1) is 41.1. The molecule has 13 heteroatoms. The van der Waals surface area contributed by atoms with E-state index in [1.165, 1.54) is 40.2 Å². The third-order valence-electron chi connectivity index (χ3n) is 10.6. The number of fused-ring (bicyclic) bond motifs is 1. The van der Waals surface area contributed by atoms with Crippen LogP contribution in [0, 0.1) is 11.8 Å². The van der Waals surface area contributed by atoms with E-state index in [1.54, 1.807) is 6.07 Å². The molecule has 2 aliphatic rings. The van der Waals surface area contributed by atoms with Crippen molar-refractivity contribution in [3.05, 3.63) is 59.7 Å². The first-order valence-corrected chi connectivity index (χ1v) is 20.0. The summed E-state index contributed by atoms with van der Waals surface area (Å²) >= 11 is 0. The highest BCUT2D eigenvalue weighted by molar-refractivity contribution is 7.92. The van der Waals surface area contributed by atoms with E-state index in [-0.39, 0.29) is 24.4 Å². The quantitative estimate of drug-likeness (QED) is 0.227. The van der Waals surface area contributed by atoms with Crippen LogP contribution in [0.2, 0.25) is 0 Å². The molecule has 1 aliphatic heterocycles. The Labute approximate surface area is 309 Å². The summed E-state index contributed by atoms with van der Waals surface area (Å²) in [6.45, 7) is 9.36. The second-order valence-electron chi connectivity index (χ2n) is 16.0. The van der Waals surface area contributed by atoms with E-state index >= 15 is 0 Å². The van der Waals surface area contributed by atoms with E-state index in [9.17, 15) is 27.9 Å². The van der Waals surface area contributed by atoms with Crippen LogP contribution in [0.3, 0.4) is 0 Å². The van der Waals surface area contributed by atoms with Gasteiger partial charge in [0.25, 0.3) is 5.91 Å². The van der Waals surface area contributed by atoms with Gasteiger partial charge in [-0.25, -0.2) is 8.42 Å². The van der Waals surface area contributed by atoms with Crippen LogP contribution >= 0.6 is 0 Å². The standard InChI is InChI=1S/C39H58N4O8S/c1-38(2,3)42-36(46)32-21-26-16-12-13-17-27(26)23-43(32)24-33(44)31(18-25-14-10-9-11-15-25)40-37(47)34(39(4,5)52(8,48)49)41-35(45)28-19-29(50-6)22-30(20-28)51-7/h9-11,14-15,19-20,22,26-27,31-34,44H,12-13,16-18,21,23-24H2,1-8H3,(H,40,47)(H,41,45)(H,42,46)/t26?,27?,31-,32-,33+,34+/m0/s1. The van der Waals surface area contributed by atoms with E-state index < -0.39 is 56.2 Å². The van der Waals surface area contributed by atoms with Gasteiger partial charge in [-0.2, -0.15) is 0 Å². The summed E-state index contributed by atoms with van der Waals surface area (Å²) in [5.74, 6) is -0.0449. The highest BCUT2D eigenvalue weighted by Gasteiger charge is 2.46. The normalized spacial score (nSPS) is 21.5. The van der Waals surface area contributed by atoms with E-state index in [0.717, 1.165) is 37.5 Å². The Morgan fingerprint density at radius 3 is 2.08 bits per heavy atom. The number of ether oxygens (including phenoxy) is 2. The molecular formula is C39H58N4O8S. The number of nitrogens with one attached hydrogen (secondary N) is 3. The van der Waals surface area contributed by atoms with Crippen molar-refractivity contribution < 1.29 is 37.4 Å². The number of carbonyl (C=O) groups is 3. The van der Waals surface area contributed by atoms with E-state index in [0.29, 0.717) is 36.3 Å². The second-order valence-corrected chi connectivity index (χ2v) is 18.6. The molecule has 3 amide bonds. The van der Waals surface area contributed by atoms with Crippen LogP contribution in [0.4, 0.5) is 0 Å². The zero-order valence-corrected chi connectivity index (χ0v) is 32.7. The summed E-state index contributed by atoms with van der Waals surface area (Å²) in [4.78, 5) is 43.8. The molecule has 4 N–H and O–H groups in total. The third kappa shape index (κ3) is 10.5. The fourth-order valence-corrected chi connectivity index (χ4v) is 7.93. The van der Waals surface area contributed by atoms with Gasteiger partial charge in [-0.1, -0.05) is 49.6 Å². The van der Waals surface area contributed by atoms with Crippen molar-refractivity contribution in [3.8, 4) is 11.5 Å². The third-order valence-corrected chi connectivity index (χ3v) is 12.8. The molecule has 288 valence electrons. The SMILES string of the molecule is COc1cc(OC)cc(C(=O)N[C@H](C(=O)N[C@@H](Cc2ccccc2)[C@H](O)CN2CC3CCCCC3C[C@H]2C(=O)NC(C)(C)C)C(C)(C)S(C)(=O)=O)c1. The Morgan fingerprint density at radius 1 is 0.923 bits per heavy atom. The van der Waals surface area contributed by atoms with Gasteiger partial charge in [0.2, 0.25) is 11.8 Å². The van der Waals surface area contributed by atoms with Gasteiger partial charge in [0.05, 0.1) is 37.2 Å². The molecule has 12 nitrogen and oxygen atoms in total. The number of benzene rings is 2. The van der Waals surface area contributed by atoms with Gasteiger partial charge < -0.3 is 30.5 Å². The summed E-state index contributed by atoms with van der Waals surface area (Å²) < 4.78 is 35.1. The molecule has 52 heavy (non-hydrogen) atoms. The van der Waals surface area contributed by atoms with Gasteiger partial charge in [0, 0.05) is 36.5 Å². The lowest BCUT2D eigenvalue weighted by molar-refractivity contribution is -0.133. The lowest BCUT2D eigenvalue weighted by Gasteiger charge is -2.47. The minimum atomic E-state index is -3.92. The molecule has 0 aromatic heterocycles. The van der Waals surface area contributed by atoms with Crippen LogP contribution in [0.15, 0.2) is 48.5 Å². The van der Waals surface area contributed by atoms with Crippen LogP contribution < -0.4 is 25.4 Å². The van der Waals surface area contributed by atoms with Gasteiger partial charge in [-0.15, -0.1) is 0 Å². The highest BCUT2D eigenvalue weighted by Crippen LogP contribution is 2.39. The molecule has 2 fully saturated rings. The van der Waals surface area contributed by atoms with Crippen LogP contribution in [-0.4, -0.2) is 104 Å². The van der Waals surface area contributed by atoms with Crippen molar-refractivity contribution in [3.63, 3.8) is 0 Å². The van der Waals surface area contributed by atoms with E-state index in [2.05, 4.69) is 20.9 Å². The predicted molar refractivity (Wildman–Crippen MR) is 201 cm³/mol. The van der Waals surface area contributed by atoms with Gasteiger partial charge in [-0.3, -0.25) is 19.3 Å². The molecule has 0 radical (unpaired) electrons. The maximum atomic E-state index is 14.3. The molecule has 1 aliphatic carbocycles. The fraction of sp³-hybridized carbons (Fsp3) is 0.615. The average molecular weight is 743 g/mol. The summed E-state index contributed by atoms with van der Waals surface area (Å²) in [6.07, 6.45) is 5.22. The second kappa shape index (κ2) is 17.0. The Kier molecular flexibility index (Phi) is 13.4. The Hall–Kier alpha value is -3.68. The zero-order chi connectivity index (χ0) is 38.4. The van der Waals surface area contributed by atoms with Crippen molar-refractivity contribution in [2.45, 2.75) is 108 Å². The monoisotopic (exact) mass is 742 g/mol. The van der Waals surface area contributed by atoms with Crippen molar-refractivity contribution >= 4 is 27.6 Å². The summed E-state index contributed by atoms with van der Waals surface area (Å²) in [5.41, 5.74) is 0.507. The Morgan fingerprint density at radius 2 is 1.52 bits per heavy atom. The maximum Gasteiger partial charge on any atom is 0.252 e. The Bertz CT molecular complexity index is 1640. The fourth-order valence-electron chi connectivity index (χ4n) is 7.33. The van der Waals surface area contributed by atoms with Crippen molar-refractivity contribution in [2.75, 3.05) is 33.6 Å². The minimum Gasteiger partial charge on any atom is -0.497 e. The molecule has 2 aromatic rings. The van der Waals surface area contributed by atoms with Crippen LogP contribution in [0.5, 0.6) is 11.5 Å². The topological polar surface area (TPSA) is 163 Å². The number of rotatable bonds is 14. The number of aliphatic hydroxyl groups is 1. The maximum absolute atomic E-state index is 14.3. The Balaban J connectivity index is 1.65. The number of β-amino-alcohol motifs (C(OH)–C–C–N with tert-alkyl or cyclic N) is 1. The first-order valence-electron chi connectivity index (χ1n) is 18.1. The van der Waals surface area contributed by atoms with Crippen LogP contribution in [0.1, 0.15) is 82.6 Å². The number of hydrogen-bond acceptors (Lipinski definition) is 9. The number of aliphatic hydroxyl groups excluding tert-OH is 1. The van der Waals surface area contributed by atoms with Crippen molar-refractivity contribution in [1.29, 1.82) is 0 Å². The number of methoxy groups -OCH3 is 2. The molecule has 0 spiro atoms. The number of likely N-dealkylation sites (tertiary alicyclic amines) is 1. The molecule has 1 saturated heterocycles. The van der Waals surface area contributed by atoms with Gasteiger partial charge in [0.15, 0.2) is 9.84 Å². The van der Waals surface area contributed by atoms with E-state index in [4.69, 9.17) is 9.47 Å².